The minimum absolute atomic E-state index is 0.464. The highest BCUT2D eigenvalue weighted by Gasteiger charge is 2.11. The lowest BCUT2D eigenvalue weighted by molar-refractivity contribution is 0.392. The zero-order valence-electron chi connectivity index (χ0n) is 11.6. The van der Waals surface area contributed by atoms with E-state index in [2.05, 4.69) is 34.3 Å². The Morgan fingerprint density at radius 3 is 2.68 bits per heavy atom. The van der Waals surface area contributed by atoms with Crippen molar-refractivity contribution in [1.29, 1.82) is 0 Å². The van der Waals surface area contributed by atoms with Crippen LogP contribution < -0.4 is 10.1 Å². The van der Waals surface area contributed by atoms with E-state index in [9.17, 15) is 0 Å². The number of hydrogen-bond donors (Lipinski definition) is 1. The molecule has 0 aliphatic rings. The van der Waals surface area contributed by atoms with Gasteiger partial charge in [-0.25, -0.2) is 4.98 Å². The minimum atomic E-state index is 0.464. The van der Waals surface area contributed by atoms with E-state index < -0.39 is 0 Å². The largest absolute Gasteiger partial charge is 0.480 e. The van der Waals surface area contributed by atoms with Gasteiger partial charge in [-0.1, -0.05) is 13.8 Å². The van der Waals surface area contributed by atoms with E-state index >= 15 is 0 Å². The van der Waals surface area contributed by atoms with Crippen LogP contribution in [0.4, 0.5) is 0 Å². The smallest absolute Gasteiger partial charge is 0.233 e. The maximum Gasteiger partial charge on any atom is 0.233 e. The van der Waals surface area contributed by atoms with E-state index in [4.69, 9.17) is 4.74 Å². The van der Waals surface area contributed by atoms with Crippen LogP contribution >= 0.6 is 11.3 Å². The van der Waals surface area contributed by atoms with Gasteiger partial charge in [-0.3, -0.25) is 0 Å². The number of ether oxygens (including phenoxy) is 1. The molecule has 6 heteroatoms. The summed E-state index contributed by atoms with van der Waals surface area (Å²) in [7, 11) is 1.58. The molecule has 0 fully saturated rings. The molecule has 2 aromatic heterocycles. The molecule has 0 saturated carbocycles. The van der Waals surface area contributed by atoms with E-state index in [-0.39, 0.29) is 0 Å². The van der Waals surface area contributed by atoms with Gasteiger partial charge in [0.1, 0.15) is 10.7 Å². The molecule has 0 unspecified atom stereocenters. The second-order valence-electron chi connectivity index (χ2n) is 4.52. The van der Waals surface area contributed by atoms with Crippen LogP contribution in [0.25, 0.3) is 10.7 Å². The summed E-state index contributed by atoms with van der Waals surface area (Å²) in [6.07, 6.45) is 0. The first-order chi connectivity index (χ1) is 9.10. The van der Waals surface area contributed by atoms with Gasteiger partial charge in [0.15, 0.2) is 0 Å². The van der Waals surface area contributed by atoms with Gasteiger partial charge in [0.25, 0.3) is 0 Å². The SMILES string of the molecule is COc1ccc(-c2nc(C)c(CNC(C)C)s2)nn1. The van der Waals surface area contributed by atoms with E-state index in [0.29, 0.717) is 11.9 Å². The summed E-state index contributed by atoms with van der Waals surface area (Å²) >= 11 is 1.65. The summed E-state index contributed by atoms with van der Waals surface area (Å²) in [4.78, 5) is 5.79. The van der Waals surface area contributed by atoms with Crippen molar-refractivity contribution in [3.8, 4) is 16.6 Å². The van der Waals surface area contributed by atoms with Crippen molar-refractivity contribution in [2.24, 2.45) is 0 Å². The van der Waals surface area contributed by atoms with Crippen molar-refractivity contribution in [2.45, 2.75) is 33.4 Å². The van der Waals surface area contributed by atoms with E-state index in [1.54, 1.807) is 24.5 Å². The van der Waals surface area contributed by atoms with E-state index in [1.807, 2.05) is 13.0 Å². The lowest BCUT2D eigenvalue weighted by atomic mass is 10.3. The van der Waals surface area contributed by atoms with E-state index in [0.717, 1.165) is 22.9 Å². The Bertz CT molecular complexity index is 536. The maximum atomic E-state index is 5.00. The molecule has 0 aliphatic carbocycles. The number of rotatable bonds is 5. The standard InChI is InChI=1S/C13H18N4OS/c1-8(2)14-7-11-9(3)15-13(19-11)10-5-6-12(18-4)17-16-10/h5-6,8,14H,7H2,1-4H3. The summed E-state index contributed by atoms with van der Waals surface area (Å²) in [5, 5.41) is 12.4. The summed E-state index contributed by atoms with van der Waals surface area (Å²) in [5.74, 6) is 0.513. The molecule has 0 bridgehead atoms. The Morgan fingerprint density at radius 1 is 1.32 bits per heavy atom. The zero-order chi connectivity index (χ0) is 13.8. The van der Waals surface area contributed by atoms with Crippen molar-refractivity contribution < 1.29 is 4.74 Å². The molecule has 0 spiro atoms. The Balaban J connectivity index is 2.18. The van der Waals surface area contributed by atoms with Gasteiger partial charge in [-0.2, -0.15) is 0 Å². The monoisotopic (exact) mass is 278 g/mol. The zero-order valence-corrected chi connectivity index (χ0v) is 12.4. The third kappa shape index (κ3) is 3.48. The molecule has 0 amide bonds. The number of nitrogens with zero attached hydrogens (tertiary/aromatic N) is 3. The summed E-state index contributed by atoms with van der Waals surface area (Å²) in [6.45, 7) is 7.12. The molecule has 2 rings (SSSR count). The molecule has 1 N–H and O–H groups in total. The van der Waals surface area contributed by atoms with Crippen molar-refractivity contribution in [1.82, 2.24) is 20.5 Å². The number of nitrogens with one attached hydrogen (secondary N) is 1. The quantitative estimate of drug-likeness (QED) is 0.910. The Morgan fingerprint density at radius 2 is 2.11 bits per heavy atom. The summed E-state index contributed by atoms with van der Waals surface area (Å²) < 4.78 is 5.00. The number of aromatic nitrogens is 3. The minimum Gasteiger partial charge on any atom is -0.480 e. The van der Waals surface area contributed by atoms with Crippen LogP contribution in [0.15, 0.2) is 12.1 Å². The van der Waals surface area contributed by atoms with Crippen LogP contribution in [0.5, 0.6) is 5.88 Å². The Hall–Kier alpha value is -1.53. The highest BCUT2D eigenvalue weighted by molar-refractivity contribution is 7.15. The van der Waals surface area contributed by atoms with Crippen molar-refractivity contribution in [3.63, 3.8) is 0 Å². The predicted octanol–water partition coefficient (Wildman–Crippen LogP) is 2.42. The second-order valence-corrected chi connectivity index (χ2v) is 5.61. The second kappa shape index (κ2) is 6.08. The molecule has 19 heavy (non-hydrogen) atoms. The molecule has 2 aromatic rings. The van der Waals surface area contributed by atoms with Gasteiger partial charge in [0, 0.05) is 23.5 Å². The molecule has 5 nitrogen and oxygen atoms in total. The molecular formula is C13H18N4OS. The fourth-order valence-electron chi connectivity index (χ4n) is 1.54. The van der Waals surface area contributed by atoms with Crippen molar-refractivity contribution in [3.05, 3.63) is 22.7 Å². The lowest BCUT2D eigenvalue weighted by Crippen LogP contribution is -2.21. The fraction of sp³-hybridized carbons (Fsp3) is 0.462. The van der Waals surface area contributed by atoms with Gasteiger partial charge >= 0.3 is 0 Å². The van der Waals surface area contributed by atoms with Gasteiger partial charge in [0.05, 0.1) is 12.8 Å². The molecular weight excluding hydrogens is 260 g/mol. The average molecular weight is 278 g/mol. The third-order valence-electron chi connectivity index (χ3n) is 2.63. The highest BCUT2D eigenvalue weighted by Crippen LogP contribution is 2.26. The third-order valence-corrected chi connectivity index (χ3v) is 3.81. The van der Waals surface area contributed by atoms with Crippen LogP contribution in [0.2, 0.25) is 0 Å². The fourth-order valence-corrected chi connectivity index (χ4v) is 2.52. The number of hydrogen-bond acceptors (Lipinski definition) is 6. The number of thiazole rings is 1. The maximum absolute atomic E-state index is 5.00. The Kier molecular flexibility index (Phi) is 4.44. The summed E-state index contributed by atoms with van der Waals surface area (Å²) in [5.41, 5.74) is 1.83. The molecule has 0 aromatic carbocycles. The normalized spacial score (nSPS) is 11.0. The first-order valence-electron chi connectivity index (χ1n) is 6.18. The van der Waals surface area contributed by atoms with Crippen LogP contribution in [0.1, 0.15) is 24.4 Å². The molecule has 0 saturated heterocycles. The average Bonchev–Trinajstić information content (AvgIpc) is 2.78. The molecule has 0 aliphatic heterocycles. The first kappa shape index (κ1) is 13.9. The number of methoxy groups -OCH3 is 1. The summed E-state index contributed by atoms with van der Waals surface area (Å²) in [6, 6.07) is 4.14. The molecule has 2 heterocycles. The Labute approximate surface area is 117 Å². The molecule has 0 radical (unpaired) electrons. The van der Waals surface area contributed by atoms with Gasteiger partial charge < -0.3 is 10.1 Å². The highest BCUT2D eigenvalue weighted by atomic mass is 32.1. The van der Waals surface area contributed by atoms with Gasteiger partial charge in [-0.05, 0) is 13.0 Å². The predicted molar refractivity (Wildman–Crippen MR) is 76.4 cm³/mol. The lowest BCUT2D eigenvalue weighted by Gasteiger charge is -2.05. The van der Waals surface area contributed by atoms with Gasteiger partial charge in [0.2, 0.25) is 5.88 Å². The van der Waals surface area contributed by atoms with Crippen LogP contribution in [-0.4, -0.2) is 28.3 Å². The first-order valence-corrected chi connectivity index (χ1v) is 6.99. The van der Waals surface area contributed by atoms with Crippen LogP contribution in [0.3, 0.4) is 0 Å². The van der Waals surface area contributed by atoms with Crippen LogP contribution in [-0.2, 0) is 6.54 Å². The van der Waals surface area contributed by atoms with E-state index in [1.165, 1.54) is 4.88 Å². The topological polar surface area (TPSA) is 59.9 Å². The van der Waals surface area contributed by atoms with Crippen molar-refractivity contribution >= 4 is 11.3 Å². The van der Waals surface area contributed by atoms with Crippen molar-refractivity contribution in [2.75, 3.05) is 7.11 Å². The molecule has 0 atom stereocenters. The van der Waals surface area contributed by atoms with Gasteiger partial charge in [-0.15, -0.1) is 21.5 Å². The van der Waals surface area contributed by atoms with Crippen LogP contribution in [0, 0.1) is 6.92 Å². The molecule has 102 valence electrons. The number of aryl methyl sites for hydroxylation is 1.